The highest BCUT2D eigenvalue weighted by Crippen LogP contribution is 2.13. The van der Waals surface area contributed by atoms with Gasteiger partial charge < -0.3 is 15.0 Å². The number of carbonyl (C=O) groups excluding carboxylic acids is 2. The fraction of sp³-hybridized carbons (Fsp3) is 0.192. The third-order valence-corrected chi connectivity index (χ3v) is 5.12. The van der Waals surface area contributed by atoms with Crippen LogP contribution in [0, 0.1) is 6.92 Å². The standard InChI is InChI=1S/C26H26N2O4/c1-18-8-12-20(13-9-18)23(29)22-7-5-17-28(22)16-4-6-19-10-14-21(15-11-19)24(30)27-26(2,3)25(31)32/h4-15,17H,16H2,1-3H3,(H,27,30)(H,31,32)/b6-4+. The van der Waals surface area contributed by atoms with E-state index in [1.54, 1.807) is 24.3 Å². The van der Waals surface area contributed by atoms with Crippen LogP contribution in [0.4, 0.5) is 0 Å². The molecule has 1 amide bonds. The van der Waals surface area contributed by atoms with Crippen LogP contribution >= 0.6 is 0 Å². The highest BCUT2D eigenvalue weighted by molar-refractivity contribution is 6.08. The zero-order valence-electron chi connectivity index (χ0n) is 18.3. The second-order valence-electron chi connectivity index (χ2n) is 8.15. The molecule has 1 heterocycles. The summed E-state index contributed by atoms with van der Waals surface area (Å²) in [5.74, 6) is -1.57. The van der Waals surface area contributed by atoms with E-state index < -0.39 is 17.4 Å². The molecule has 3 aromatic rings. The van der Waals surface area contributed by atoms with Gasteiger partial charge in [0.25, 0.3) is 5.91 Å². The van der Waals surface area contributed by atoms with Crippen LogP contribution in [-0.2, 0) is 11.3 Å². The van der Waals surface area contributed by atoms with Crippen LogP contribution < -0.4 is 5.32 Å². The maximum atomic E-state index is 12.8. The molecule has 0 saturated heterocycles. The molecular formula is C26H26N2O4. The van der Waals surface area contributed by atoms with Gasteiger partial charge in [-0.1, -0.05) is 54.1 Å². The molecule has 6 nitrogen and oxygen atoms in total. The largest absolute Gasteiger partial charge is 0.480 e. The first-order chi connectivity index (χ1) is 15.2. The lowest BCUT2D eigenvalue weighted by molar-refractivity contribution is -0.143. The van der Waals surface area contributed by atoms with E-state index in [2.05, 4.69) is 5.32 Å². The quantitative estimate of drug-likeness (QED) is 0.521. The molecule has 0 bridgehead atoms. The zero-order chi connectivity index (χ0) is 23.3. The number of aryl methyl sites for hydroxylation is 1. The van der Waals surface area contributed by atoms with Crippen LogP contribution in [0.15, 0.2) is 72.9 Å². The highest BCUT2D eigenvalue weighted by Gasteiger charge is 2.29. The molecule has 0 atom stereocenters. The van der Waals surface area contributed by atoms with Crippen LogP contribution in [0.25, 0.3) is 6.08 Å². The number of nitrogens with zero attached hydrogens (tertiary/aromatic N) is 1. The molecule has 2 N–H and O–H groups in total. The average molecular weight is 431 g/mol. The molecule has 1 aromatic heterocycles. The van der Waals surface area contributed by atoms with Crippen molar-refractivity contribution in [3.63, 3.8) is 0 Å². The monoisotopic (exact) mass is 430 g/mol. The number of allylic oxidation sites excluding steroid dienone is 1. The molecule has 0 saturated carbocycles. The van der Waals surface area contributed by atoms with E-state index in [1.807, 2.05) is 66.2 Å². The molecule has 0 spiro atoms. The number of rotatable bonds is 8. The fourth-order valence-corrected chi connectivity index (χ4v) is 3.09. The summed E-state index contributed by atoms with van der Waals surface area (Å²) in [7, 11) is 0. The van der Waals surface area contributed by atoms with Gasteiger partial charge in [-0.2, -0.15) is 0 Å². The minimum atomic E-state index is -1.35. The molecule has 0 fully saturated rings. The first kappa shape index (κ1) is 22.7. The van der Waals surface area contributed by atoms with Crippen molar-refractivity contribution in [2.24, 2.45) is 0 Å². The Hall–Kier alpha value is -3.93. The topological polar surface area (TPSA) is 88.4 Å². The Morgan fingerprint density at radius 2 is 1.59 bits per heavy atom. The number of carboxylic acids is 1. The van der Waals surface area contributed by atoms with E-state index in [0.29, 0.717) is 23.4 Å². The van der Waals surface area contributed by atoms with Gasteiger partial charge >= 0.3 is 5.97 Å². The van der Waals surface area contributed by atoms with E-state index in [-0.39, 0.29) is 5.78 Å². The molecule has 164 valence electrons. The summed E-state index contributed by atoms with van der Waals surface area (Å²) in [4.78, 5) is 36.2. The molecule has 0 aliphatic carbocycles. The normalized spacial score (nSPS) is 11.5. The number of benzene rings is 2. The Kier molecular flexibility index (Phi) is 6.73. The fourth-order valence-electron chi connectivity index (χ4n) is 3.09. The molecule has 2 aromatic carbocycles. The van der Waals surface area contributed by atoms with Gasteiger partial charge in [0.05, 0.1) is 5.69 Å². The SMILES string of the molecule is Cc1ccc(C(=O)c2cccn2C/C=C/c2ccc(C(=O)NC(C)(C)C(=O)O)cc2)cc1. The van der Waals surface area contributed by atoms with Crippen molar-refractivity contribution in [2.45, 2.75) is 32.9 Å². The van der Waals surface area contributed by atoms with E-state index in [1.165, 1.54) is 13.8 Å². The summed E-state index contributed by atoms with van der Waals surface area (Å²) in [5.41, 5.74) is 2.30. The number of hydrogen-bond acceptors (Lipinski definition) is 3. The van der Waals surface area contributed by atoms with Crippen LogP contribution in [0.3, 0.4) is 0 Å². The molecular weight excluding hydrogens is 404 g/mol. The number of carboxylic acid groups (broad SMARTS) is 1. The van der Waals surface area contributed by atoms with Crippen LogP contribution in [0.2, 0.25) is 0 Å². The molecule has 0 radical (unpaired) electrons. The molecule has 0 aliphatic heterocycles. The number of carbonyl (C=O) groups is 3. The highest BCUT2D eigenvalue weighted by atomic mass is 16.4. The molecule has 32 heavy (non-hydrogen) atoms. The second kappa shape index (κ2) is 9.47. The predicted molar refractivity (Wildman–Crippen MR) is 124 cm³/mol. The van der Waals surface area contributed by atoms with Gasteiger partial charge in [-0.25, -0.2) is 4.79 Å². The van der Waals surface area contributed by atoms with E-state index in [4.69, 9.17) is 5.11 Å². The van der Waals surface area contributed by atoms with Gasteiger partial charge in [0.1, 0.15) is 5.54 Å². The zero-order valence-corrected chi connectivity index (χ0v) is 18.3. The minimum Gasteiger partial charge on any atom is -0.480 e. The van der Waals surface area contributed by atoms with Crippen LogP contribution in [0.1, 0.15) is 51.4 Å². The van der Waals surface area contributed by atoms with Gasteiger partial charge in [-0.15, -0.1) is 0 Å². The summed E-state index contributed by atoms with van der Waals surface area (Å²) in [5, 5.41) is 11.6. The van der Waals surface area contributed by atoms with Gasteiger partial charge in [0, 0.05) is 23.9 Å². The summed E-state index contributed by atoms with van der Waals surface area (Å²) in [6.45, 7) is 5.37. The first-order valence-corrected chi connectivity index (χ1v) is 10.3. The lowest BCUT2D eigenvalue weighted by Crippen LogP contribution is -2.49. The molecule has 0 aliphatic rings. The summed E-state index contributed by atoms with van der Waals surface area (Å²) >= 11 is 0. The lowest BCUT2D eigenvalue weighted by Gasteiger charge is -2.20. The summed E-state index contributed by atoms with van der Waals surface area (Å²) in [6, 6.07) is 18.0. The van der Waals surface area contributed by atoms with Crippen LogP contribution in [-0.4, -0.2) is 32.9 Å². The van der Waals surface area contributed by atoms with Crippen molar-refractivity contribution < 1.29 is 19.5 Å². The van der Waals surface area contributed by atoms with Crippen molar-refractivity contribution >= 4 is 23.7 Å². The van der Waals surface area contributed by atoms with Gasteiger partial charge in [0.2, 0.25) is 5.78 Å². The van der Waals surface area contributed by atoms with Crippen molar-refractivity contribution in [1.82, 2.24) is 9.88 Å². The summed E-state index contributed by atoms with van der Waals surface area (Å²) in [6.07, 6.45) is 5.71. The average Bonchev–Trinajstić information content (AvgIpc) is 3.22. The third kappa shape index (κ3) is 5.40. The maximum absolute atomic E-state index is 12.8. The Bertz CT molecular complexity index is 1150. The number of ketones is 1. The Labute approximate surface area is 187 Å². The van der Waals surface area contributed by atoms with E-state index >= 15 is 0 Å². The number of aromatic nitrogens is 1. The van der Waals surface area contributed by atoms with Crippen molar-refractivity contribution in [1.29, 1.82) is 0 Å². The number of amides is 1. The van der Waals surface area contributed by atoms with Crippen molar-refractivity contribution in [3.05, 3.63) is 101 Å². The maximum Gasteiger partial charge on any atom is 0.328 e. The van der Waals surface area contributed by atoms with Gasteiger partial charge in [-0.05, 0) is 50.6 Å². The van der Waals surface area contributed by atoms with Crippen molar-refractivity contribution in [2.75, 3.05) is 0 Å². The minimum absolute atomic E-state index is 0.0250. The Morgan fingerprint density at radius 1 is 0.969 bits per heavy atom. The molecule has 3 rings (SSSR count). The number of nitrogens with one attached hydrogen (secondary N) is 1. The molecule has 0 unspecified atom stereocenters. The Morgan fingerprint density at radius 3 is 2.22 bits per heavy atom. The number of aliphatic carboxylic acids is 1. The smallest absolute Gasteiger partial charge is 0.328 e. The van der Waals surface area contributed by atoms with E-state index in [0.717, 1.165) is 11.1 Å². The Balaban J connectivity index is 1.64. The van der Waals surface area contributed by atoms with Gasteiger partial charge in [0.15, 0.2) is 0 Å². The van der Waals surface area contributed by atoms with Crippen LogP contribution in [0.5, 0.6) is 0 Å². The lowest BCUT2D eigenvalue weighted by atomic mass is 10.0. The van der Waals surface area contributed by atoms with Crippen molar-refractivity contribution in [3.8, 4) is 0 Å². The second-order valence-corrected chi connectivity index (χ2v) is 8.15. The molecule has 6 heteroatoms. The first-order valence-electron chi connectivity index (χ1n) is 10.3. The number of hydrogen-bond donors (Lipinski definition) is 2. The summed E-state index contributed by atoms with van der Waals surface area (Å²) < 4.78 is 1.88. The predicted octanol–water partition coefficient (Wildman–Crippen LogP) is 4.33. The van der Waals surface area contributed by atoms with E-state index in [9.17, 15) is 14.4 Å². The third-order valence-electron chi connectivity index (χ3n) is 5.12. The van der Waals surface area contributed by atoms with Gasteiger partial charge in [-0.3, -0.25) is 9.59 Å².